The summed E-state index contributed by atoms with van der Waals surface area (Å²) in [5, 5.41) is 29.1. The summed E-state index contributed by atoms with van der Waals surface area (Å²) in [5.74, 6) is 1.08. The maximum atomic E-state index is 14.2. The molecule has 8 atom stereocenters. The van der Waals surface area contributed by atoms with Crippen LogP contribution in [0.15, 0.2) is 36.4 Å². The fourth-order valence-corrected chi connectivity index (χ4v) is 8.48. The molecule has 6 rings (SSSR count). The Labute approximate surface area is 291 Å². The third-order valence-corrected chi connectivity index (χ3v) is 11.5. The second-order valence-corrected chi connectivity index (χ2v) is 15.5. The lowest BCUT2D eigenvalue weighted by Crippen LogP contribution is -2.62. The minimum absolute atomic E-state index is 0.0464. The van der Waals surface area contributed by atoms with Crippen molar-refractivity contribution >= 4 is 17.5 Å². The maximum Gasteiger partial charge on any atom is 0.251 e. The zero-order valence-corrected chi connectivity index (χ0v) is 30.7. The number of hydroxylamine groups is 2. The number of amides is 2. The van der Waals surface area contributed by atoms with Gasteiger partial charge in [0.1, 0.15) is 17.9 Å². The largest absolute Gasteiger partial charge is 0.496 e. The van der Waals surface area contributed by atoms with E-state index in [2.05, 4.69) is 31.4 Å². The number of benzene rings is 2. The van der Waals surface area contributed by atoms with E-state index in [1.807, 2.05) is 74.4 Å². The maximum absolute atomic E-state index is 14.2. The predicted molar refractivity (Wildman–Crippen MR) is 191 cm³/mol. The lowest BCUT2D eigenvalue weighted by atomic mass is 9.45. The second-order valence-electron chi connectivity index (χ2n) is 15.5. The number of rotatable bonds is 13. The molecule has 4 aliphatic rings. The van der Waals surface area contributed by atoms with Crippen LogP contribution in [0.1, 0.15) is 56.5 Å². The number of ether oxygens (including phenoxy) is 1. The standard InChI is InChI=1S/C38H57N5O6/c1-22-30-18-27(38(30,3)4)19-31(22)40-37(47)34-33(23(2)45)32(21-44)49-43(34)20-24-11-10-12-29(35(24)48-9)25-15-26(17-28(16-25)42(7)8)36(46)39-13-14-41(5)6/h10-12,15-17,22-23,27,30-34,44-45H,13-14,18-21H2,1-9H3,(H,39,46)(H,40,47)/t22-,23-,27+,30+,31-,32-,33+,34-/m0/s1. The molecule has 1 saturated heterocycles. The van der Waals surface area contributed by atoms with Gasteiger partial charge in [0.15, 0.2) is 0 Å². The summed E-state index contributed by atoms with van der Waals surface area (Å²) in [5.41, 5.74) is 4.05. The van der Waals surface area contributed by atoms with Crippen molar-refractivity contribution in [2.24, 2.45) is 29.1 Å². The zero-order chi connectivity index (χ0) is 35.8. The van der Waals surface area contributed by atoms with E-state index in [1.54, 1.807) is 19.1 Å². The quantitative estimate of drug-likeness (QED) is 0.252. The summed E-state index contributed by atoms with van der Waals surface area (Å²) in [6.45, 7) is 9.65. The Morgan fingerprint density at radius 2 is 1.88 bits per heavy atom. The number of fused-ring (bicyclic) bond motifs is 2. The summed E-state index contributed by atoms with van der Waals surface area (Å²) in [6, 6.07) is 10.8. The molecule has 0 radical (unpaired) electrons. The first-order valence-corrected chi connectivity index (χ1v) is 17.6. The highest BCUT2D eigenvalue weighted by molar-refractivity contribution is 5.97. The third-order valence-electron chi connectivity index (χ3n) is 11.5. The van der Waals surface area contributed by atoms with Gasteiger partial charge in [0, 0.05) is 61.5 Å². The fourth-order valence-electron chi connectivity index (χ4n) is 8.48. The number of likely N-dealkylation sites (N-methyl/N-ethyl adjacent to an activating group) is 1. The number of nitrogens with zero attached hydrogens (tertiary/aromatic N) is 3. The molecule has 2 aromatic rings. The number of hydrogen-bond acceptors (Lipinski definition) is 9. The number of aliphatic hydroxyl groups excluding tert-OH is 2. The van der Waals surface area contributed by atoms with Crippen LogP contribution in [0.4, 0.5) is 5.69 Å². The molecular weight excluding hydrogens is 622 g/mol. The second kappa shape index (κ2) is 14.9. The van der Waals surface area contributed by atoms with Gasteiger partial charge in [0.05, 0.1) is 26.4 Å². The van der Waals surface area contributed by atoms with Gasteiger partial charge in [0.2, 0.25) is 5.91 Å². The van der Waals surface area contributed by atoms with Crippen LogP contribution < -0.4 is 20.3 Å². The molecule has 4 N–H and O–H groups in total. The van der Waals surface area contributed by atoms with E-state index in [0.29, 0.717) is 35.6 Å². The first-order valence-electron chi connectivity index (χ1n) is 17.6. The van der Waals surface area contributed by atoms with Crippen molar-refractivity contribution in [2.45, 2.75) is 71.4 Å². The van der Waals surface area contributed by atoms with E-state index in [9.17, 15) is 19.8 Å². The molecule has 1 aliphatic heterocycles. The van der Waals surface area contributed by atoms with E-state index in [1.165, 1.54) is 6.42 Å². The van der Waals surface area contributed by atoms with Crippen LogP contribution >= 0.6 is 0 Å². The van der Waals surface area contributed by atoms with E-state index < -0.39 is 24.2 Å². The number of aliphatic hydroxyl groups is 2. The van der Waals surface area contributed by atoms with Crippen molar-refractivity contribution in [3.8, 4) is 16.9 Å². The van der Waals surface area contributed by atoms with Crippen molar-refractivity contribution in [2.75, 3.05) is 59.9 Å². The number of methoxy groups -OCH3 is 1. The molecule has 3 aliphatic carbocycles. The minimum atomic E-state index is -0.890. The van der Waals surface area contributed by atoms with Crippen LogP contribution in [0, 0.1) is 29.1 Å². The minimum Gasteiger partial charge on any atom is -0.496 e. The van der Waals surface area contributed by atoms with Gasteiger partial charge < -0.3 is 35.4 Å². The Kier molecular flexibility index (Phi) is 11.3. The van der Waals surface area contributed by atoms with Gasteiger partial charge >= 0.3 is 0 Å². The zero-order valence-electron chi connectivity index (χ0n) is 30.7. The molecule has 270 valence electrons. The van der Waals surface area contributed by atoms with Gasteiger partial charge in [-0.15, -0.1) is 0 Å². The van der Waals surface area contributed by atoms with Crippen LogP contribution in [0.3, 0.4) is 0 Å². The van der Waals surface area contributed by atoms with Crippen molar-refractivity contribution in [1.29, 1.82) is 0 Å². The van der Waals surface area contributed by atoms with E-state index in [-0.39, 0.29) is 36.4 Å². The molecule has 1 heterocycles. The number of anilines is 1. The fraction of sp³-hybridized carbons (Fsp3) is 0.632. The monoisotopic (exact) mass is 679 g/mol. The van der Waals surface area contributed by atoms with Gasteiger partial charge in [-0.2, -0.15) is 5.06 Å². The summed E-state index contributed by atoms with van der Waals surface area (Å²) in [4.78, 5) is 37.6. The molecule has 2 bridgehead atoms. The van der Waals surface area contributed by atoms with Crippen molar-refractivity contribution in [1.82, 2.24) is 20.6 Å². The summed E-state index contributed by atoms with van der Waals surface area (Å²) >= 11 is 0. The van der Waals surface area contributed by atoms with Crippen LogP contribution in [-0.2, 0) is 16.2 Å². The third kappa shape index (κ3) is 7.46. The van der Waals surface area contributed by atoms with Crippen molar-refractivity contribution in [3.63, 3.8) is 0 Å². The summed E-state index contributed by atoms with van der Waals surface area (Å²) < 4.78 is 6.03. The Morgan fingerprint density at radius 3 is 2.47 bits per heavy atom. The number of carbonyl (C=O) groups excluding carboxylic acids is 2. The van der Waals surface area contributed by atoms with E-state index in [4.69, 9.17) is 9.57 Å². The Morgan fingerprint density at radius 1 is 1.14 bits per heavy atom. The molecule has 2 amide bonds. The lowest BCUT2D eigenvalue weighted by molar-refractivity contribution is -0.183. The molecule has 2 aromatic carbocycles. The van der Waals surface area contributed by atoms with E-state index >= 15 is 0 Å². The molecule has 4 fully saturated rings. The lowest BCUT2D eigenvalue weighted by Gasteiger charge is -2.62. The Hall–Kier alpha value is -3.22. The van der Waals surface area contributed by atoms with Gasteiger partial charge in [-0.05, 0) is 80.8 Å². The highest BCUT2D eigenvalue weighted by Crippen LogP contribution is 2.61. The smallest absolute Gasteiger partial charge is 0.251 e. The van der Waals surface area contributed by atoms with Gasteiger partial charge in [-0.25, -0.2) is 0 Å². The van der Waals surface area contributed by atoms with Crippen molar-refractivity contribution < 1.29 is 29.4 Å². The van der Waals surface area contributed by atoms with Crippen LogP contribution in [0.2, 0.25) is 0 Å². The van der Waals surface area contributed by atoms with Crippen LogP contribution in [0.25, 0.3) is 11.1 Å². The summed E-state index contributed by atoms with van der Waals surface area (Å²) in [6.07, 6.45) is 0.507. The molecule has 11 nitrogen and oxygen atoms in total. The van der Waals surface area contributed by atoms with Crippen LogP contribution in [0.5, 0.6) is 5.75 Å². The molecular formula is C38H57N5O6. The first kappa shape index (κ1) is 37.0. The molecule has 11 heteroatoms. The number of hydrogen-bond donors (Lipinski definition) is 4. The number of para-hydroxylation sites is 1. The number of nitrogens with one attached hydrogen (secondary N) is 2. The highest BCUT2D eigenvalue weighted by Gasteiger charge is 2.57. The van der Waals surface area contributed by atoms with Crippen LogP contribution in [-0.4, -0.2) is 111 Å². The molecule has 0 spiro atoms. The average Bonchev–Trinajstić information content (AvgIpc) is 3.43. The Bertz CT molecular complexity index is 1490. The van der Waals surface area contributed by atoms with E-state index in [0.717, 1.165) is 35.3 Å². The summed E-state index contributed by atoms with van der Waals surface area (Å²) in [7, 11) is 9.40. The van der Waals surface area contributed by atoms with Gasteiger partial charge in [-0.1, -0.05) is 39.0 Å². The molecule has 0 unspecified atom stereocenters. The molecule has 3 saturated carbocycles. The average molecular weight is 680 g/mol. The highest BCUT2D eigenvalue weighted by atomic mass is 16.7. The van der Waals surface area contributed by atoms with Crippen molar-refractivity contribution in [3.05, 3.63) is 47.5 Å². The topological polar surface area (TPSA) is 127 Å². The SMILES string of the molecule is COc1c(CN2O[C@@H](CO)[C@@H]([C@H](C)O)[C@H]2C(=O)N[C@H]2C[C@H]3C[C@H]([C@@H]2C)C3(C)C)cccc1-c1cc(C(=O)NCCN(C)C)cc(N(C)C)c1. The molecule has 0 aromatic heterocycles. The Balaban J connectivity index is 1.44. The predicted octanol–water partition coefficient (Wildman–Crippen LogP) is 3.38. The molecule has 49 heavy (non-hydrogen) atoms. The van der Waals surface area contributed by atoms with Gasteiger partial charge in [0.25, 0.3) is 5.91 Å². The van der Waals surface area contributed by atoms with Gasteiger partial charge in [-0.3, -0.25) is 14.4 Å². The first-order chi connectivity index (χ1) is 23.2. The normalized spacial score (nSPS) is 28.1. The number of carbonyl (C=O) groups is 2.